The second-order valence-electron chi connectivity index (χ2n) is 4.09. The molecule has 0 spiro atoms. The van der Waals surface area contributed by atoms with E-state index >= 15 is 0 Å². The number of rotatable bonds is 2. The van der Waals surface area contributed by atoms with Gasteiger partial charge in [-0.25, -0.2) is 4.98 Å². The average Bonchev–Trinajstić information content (AvgIpc) is 2.51. The highest BCUT2D eigenvalue weighted by Gasteiger charge is 2.39. The van der Waals surface area contributed by atoms with Crippen LogP contribution in [0.2, 0.25) is 0 Å². The number of ether oxygens (including phenoxy) is 1. The molecule has 2 rings (SSSR count). The van der Waals surface area contributed by atoms with Crippen LogP contribution in [0.3, 0.4) is 0 Å². The molecule has 0 bridgehead atoms. The molecule has 2 heterocycles. The maximum absolute atomic E-state index is 10.3. The Morgan fingerprint density at radius 1 is 1.73 bits per heavy atom. The van der Waals surface area contributed by atoms with Gasteiger partial charge in [0.15, 0.2) is 0 Å². The van der Waals surface area contributed by atoms with Crippen molar-refractivity contribution in [2.75, 3.05) is 12.3 Å². The van der Waals surface area contributed by atoms with Gasteiger partial charge in [-0.15, -0.1) is 0 Å². The third-order valence-corrected chi connectivity index (χ3v) is 3.08. The molecule has 4 nitrogen and oxygen atoms in total. The summed E-state index contributed by atoms with van der Waals surface area (Å²) < 4.78 is 5.37. The first-order chi connectivity index (χ1) is 7.12. The molecule has 4 heteroatoms. The summed E-state index contributed by atoms with van der Waals surface area (Å²) in [6.07, 6.45) is 2.67. The molecule has 1 aliphatic heterocycles. The Kier molecular flexibility index (Phi) is 2.63. The summed E-state index contributed by atoms with van der Waals surface area (Å²) in [7, 11) is 0. The van der Waals surface area contributed by atoms with Crippen LogP contribution in [0.1, 0.15) is 18.9 Å². The molecule has 3 N–H and O–H groups in total. The quantitative estimate of drug-likeness (QED) is 0.752. The predicted octanol–water partition coefficient (Wildman–Crippen LogP) is 0.746. The standard InChI is InChI=1S/C11H16N2O2/c1-8-11(14,4-6-15-8)7-9-3-2-5-13-10(9)12/h2-3,5,8,14H,4,6-7H2,1H3,(H2,12,13). The van der Waals surface area contributed by atoms with E-state index in [0.717, 1.165) is 5.56 Å². The number of aliphatic hydroxyl groups is 1. The average molecular weight is 208 g/mol. The van der Waals surface area contributed by atoms with Crippen LogP contribution in [-0.4, -0.2) is 28.4 Å². The lowest BCUT2D eigenvalue weighted by Gasteiger charge is -2.26. The maximum atomic E-state index is 10.3. The van der Waals surface area contributed by atoms with Crippen molar-refractivity contribution < 1.29 is 9.84 Å². The van der Waals surface area contributed by atoms with Crippen LogP contribution >= 0.6 is 0 Å². The van der Waals surface area contributed by atoms with Gasteiger partial charge in [-0.3, -0.25) is 0 Å². The second kappa shape index (κ2) is 3.79. The molecule has 0 saturated carbocycles. The van der Waals surface area contributed by atoms with Crippen LogP contribution in [0.5, 0.6) is 0 Å². The van der Waals surface area contributed by atoms with E-state index in [9.17, 15) is 5.11 Å². The van der Waals surface area contributed by atoms with E-state index in [0.29, 0.717) is 25.3 Å². The minimum atomic E-state index is -0.794. The summed E-state index contributed by atoms with van der Waals surface area (Å²) in [5.74, 6) is 0.491. The lowest BCUT2D eigenvalue weighted by atomic mass is 9.89. The van der Waals surface area contributed by atoms with Crippen molar-refractivity contribution in [3.05, 3.63) is 23.9 Å². The van der Waals surface area contributed by atoms with Gasteiger partial charge in [0.2, 0.25) is 0 Å². The molecule has 1 saturated heterocycles. The number of hydrogen-bond donors (Lipinski definition) is 2. The van der Waals surface area contributed by atoms with Gasteiger partial charge < -0.3 is 15.6 Å². The normalized spacial score (nSPS) is 30.7. The molecule has 1 aromatic heterocycles. The third-order valence-electron chi connectivity index (χ3n) is 3.08. The van der Waals surface area contributed by atoms with E-state index in [1.807, 2.05) is 19.1 Å². The zero-order valence-corrected chi connectivity index (χ0v) is 8.81. The fourth-order valence-corrected chi connectivity index (χ4v) is 1.93. The van der Waals surface area contributed by atoms with E-state index in [1.165, 1.54) is 0 Å². The number of aromatic nitrogens is 1. The number of pyridine rings is 1. The monoisotopic (exact) mass is 208 g/mol. The van der Waals surface area contributed by atoms with Crippen molar-refractivity contribution in [3.63, 3.8) is 0 Å². The highest BCUT2D eigenvalue weighted by atomic mass is 16.5. The number of nitrogens with two attached hydrogens (primary N) is 1. The van der Waals surface area contributed by atoms with Crippen molar-refractivity contribution in [2.24, 2.45) is 0 Å². The van der Waals surface area contributed by atoms with Gasteiger partial charge in [-0.1, -0.05) is 6.07 Å². The fraction of sp³-hybridized carbons (Fsp3) is 0.545. The van der Waals surface area contributed by atoms with Crippen molar-refractivity contribution >= 4 is 5.82 Å². The minimum Gasteiger partial charge on any atom is -0.387 e. The van der Waals surface area contributed by atoms with E-state index in [1.54, 1.807) is 6.20 Å². The summed E-state index contributed by atoms with van der Waals surface area (Å²) >= 11 is 0. The van der Waals surface area contributed by atoms with E-state index in [2.05, 4.69) is 4.98 Å². The van der Waals surface area contributed by atoms with Crippen LogP contribution in [0.25, 0.3) is 0 Å². The highest BCUT2D eigenvalue weighted by molar-refractivity contribution is 5.39. The summed E-state index contributed by atoms with van der Waals surface area (Å²) in [5, 5.41) is 10.3. The van der Waals surface area contributed by atoms with Crippen molar-refractivity contribution in [2.45, 2.75) is 31.5 Å². The molecule has 2 atom stereocenters. The Balaban J connectivity index is 2.18. The smallest absolute Gasteiger partial charge is 0.126 e. The number of nitrogens with zero attached hydrogens (tertiary/aromatic N) is 1. The molecule has 82 valence electrons. The van der Waals surface area contributed by atoms with E-state index in [4.69, 9.17) is 10.5 Å². The minimum absolute atomic E-state index is 0.142. The van der Waals surface area contributed by atoms with Gasteiger partial charge in [0.25, 0.3) is 0 Å². The number of hydrogen-bond acceptors (Lipinski definition) is 4. The molecule has 0 amide bonds. The predicted molar refractivity (Wildman–Crippen MR) is 57.3 cm³/mol. The largest absolute Gasteiger partial charge is 0.387 e. The first kappa shape index (κ1) is 10.4. The summed E-state index contributed by atoms with van der Waals surface area (Å²) in [5.41, 5.74) is 5.83. The number of anilines is 1. The van der Waals surface area contributed by atoms with Gasteiger partial charge in [0, 0.05) is 25.6 Å². The molecular weight excluding hydrogens is 192 g/mol. The Bertz CT molecular complexity index is 356. The Morgan fingerprint density at radius 2 is 2.53 bits per heavy atom. The summed E-state index contributed by atoms with van der Waals surface area (Å²) in [6.45, 7) is 2.50. The lowest BCUT2D eigenvalue weighted by Crippen LogP contribution is -2.38. The van der Waals surface area contributed by atoms with Crippen LogP contribution in [0, 0.1) is 0 Å². The van der Waals surface area contributed by atoms with E-state index < -0.39 is 5.60 Å². The van der Waals surface area contributed by atoms with Crippen molar-refractivity contribution in [1.29, 1.82) is 0 Å². The molecular formula is C11H16N2O2. The SMILES string of the molecule is CC1OCCC1(O)Cc1cccnc1N. The number of nitrogen functional groups attached to an aromatic ring is 1. The zero-order valence-electron chi connectivity index (χ0n) is 8.81. The van der Waals surface area contributed by atoms with Gasteiger partial charge in [-0.2, -0.15) is 0 Å². The van der Waals surface area contributed by atoms with Crippen LogP contribution in [0.4, 0.5) is 5.82 Å². The van der Waals surface area contributed by atoms with Gasteiger partial charge in [-0.05, 0) is 18.6 Å². The van der Waals surface area contributed by atoms with Crippen LogP contribution in [0.15, 0.2) is 18.3 Å². The maximum Gasteiger partial charge on any atom is 0.126 e. The highest BCUT2D eigenvalue weighted by Crippen LogP contribution is 2.30. The molecule has 0 aromatic carbocycles. The third kappa shape index (κ3) is 1.96. The molecule has 1 aromatic rings. The first-order valence-electron chi connectivity index (χ1n) is 5.15. The lowest BCUT2D eigenvalue weighted by molar-refractivity contribution is -0.0268. The van der Waals surface area contributed by atoms with E-state index in [-0.39, 0.29) is 6.10 Å². The molecule has 1 fully saturated rings. The molecule has 2 unspecified atom stereocenters. The summed E-state index contributed by atoms with van der Waals surface area (Å²) in [6, 6.07) is 3.72. The molecule has 1 aliphatic rings. The van der Waals surface area contributed by atoms with Gasteiger partial charge in [0.1, 0.15) is 5.82 Å². The Labute approximate surface area is 89.1 Å². The van der Waals surface area contributed by atoms with Crippen LogP contribution < -0.4 is 5.73 Å². The Hall–Kier alpha value is -1.13. The fourth-order valence-electron chi connectivity index (χ4n) is 1.93. The van der Waals surface area contributed by atoms with Gasteiger partial charge >= 0.3 is 0 Å². The van der Waals surface area contributed by atoms with Crippen molar-refractivity contribution in [1.82, 2.24) is 4.98 Å². The Morgan fingerprint density at radius 3 is 3.13 bits per heavy atom. The zero-order chi connectivity index (χ0) is 10.9. The molecule has 15 heavy (non-hydrogen) atoms. The summed E-state index contributed by atoms with van der Waals surface area (Å²) in [4.78, 5) is 4.00. The molecule has 0 radical (unpaired) electrons. The second-order valence-corrected chi connectivity index (χ2v) is 4.09. The van der Waals surface area contributed by atoms with Crippen molar-refractivity contribution in [3.8, 4) is 0 Å². The molecule has 0 aliphatic carbocycles. The topological polar surface area (TPSA) is 68.4 Å². The first-order valence-corrected chi connectivity index (χ1v) is 5.15. The van der Waals surface area contributed by atoms with Gasteiger partial charge in [0.05, 0.1) is 11.7 Å². The van der Waals surface area contributed by atoms with Crippen LogP contribution in [-0.2, 0) is 11.2 Å².